The lowest BCUT2D eigenvalue weighted by atomic mass is 10.2. The van der Waals surface area contributed by atoms with Crippen LogP contribution < -0.4 is 10.1 Å². The Balaban J connectivity index is 1.47. The molecule has 0 radical (unpaired) electrons. The molecule has 3 aromatic rings. The molecular weight excluding hydrogens is 412 g/mol. The molecule has 2 heterocycles. The summed E-state index contributed by atoms with van der Waals surface area (Å²) in [6.07, 6.45) is 1.79. The number of carbonyl (C=O) groups excluding carboxylic acids is 2. The molecule has 30 heavy (non-hydrogen) atoms. The molecule has 0 aliphatic carbocycles. The predicted molar refractivity (Wildman–Crippen MR) is 108 cm³/mol. The van der Waals surface area contributed by atoms with Crippen molar-refractivity contribution in [3.63, 3.8) is 0 Å². The number of anilines is 1. The number of hydrogen-bond donors (Lipinski definition) is 1. The predicted octanol–water partition coefficient (Wildman–Crippen LogP) is 3.22. The molecule has 2 aromatic heterocycles. The Labute approximate surface area is 177 Å². The maximum Gasteiger partial charge on any atom is 0.306 e. The molecule has 0 saturated carbocycles. The van der Waals surface area contributed by atoms with Crippen molar-refractivity contribution in [2.24, 2.45) is 0 Å². The van der Waals surface area contributed by atoms with Crippen molar-refractivity contribution in [3.8, 4) is 17.3 Å². The fourth-order valence-corrected chi connectivity index (χ4v) is 2.65. The molecule has 3 rings (SSSR count). The highest BCUT2D eigenvalue weighted by molar-refractivity contribution is 6.31. The van der Waals surface area contributed by atoms with Gasteiger partial charge in [0, 0.05) is 23.7 Å². The van der Waals surface area contributed by atoms with E-state index in [1.165, 1.54) is 7.11 Å². The van der Waals surface area contributed by atoms with Crippen LogP contribution in [0.1, 0.15) is 17.9 Å². The van der Waals surface area contributed by atoms with Gasteiger partial charge in [-0.2, -0.15) is 4.98 Å². The van der Waals surface area contributed by atoms with E-state index in [4.69, 9.17) is 25.6 Å². The molecule has 0 fully saturated rings. The first-order valence-corrected chi connectivity index (χ1v) is 9.37. The summed E-state index contributed by atoms with van der Waals surface area (Å²) >= 11 is 6.04. The molecule has 0 spiro atoms. The van der Waals surface area contributed by atoms with Crippen LogP contribution in [0.4, 0.5) is 5.69 Å². The average Bonchev–Trinajstić information content (AvgIpc) is 3.23. The minimum atomic E-state index is -0.568. The summed E-state index contributed by atoms with van der Waals surface area (Å²) in [6, 6.07) is 8.61. The maximum absolute atomic E-state index is 12.1. The zero-order valence-electron chi connectivity index (χ0n) is 16.3. The van der Waals surface area contributed by atoms with Gasteiger partial charge in [-0.05, 0) is 30.7 Å². The number of methoxy groups -OCH3 is 1. The number of carbonyl (C=O) groups is 2. The van der Waals surface area contributed by atoms with Gasteiger partial charge in [0.05, 0.1) is 19.2 Å². The van der Waals surface area contributed by atoms with Gasteiger partial charge in [0.15, 0.2) is 6.61 Å². The summed E-state index contributed by atoms with van der Waals surface area (Å²) in [6.45, 7) is 1.36. The molecule has 1 N–H and O–H groups in total. The van der Waals surface area contributed by atoms with Crippen LogP contribution in [0.5, 0.6) is 5.75 Å². The Morgan fingerprint density at radius 3 is 2.83 bits per heavy atom. The van der Waals surface area contributed by atoms with E-state index in [2.05, 4.69) is 20.4 Å². The van der Waals surface area contributed by atoms with Gasteiger partial charge < -0.3 is 19.3 Å². The largest absolute Gasteiger partial charge is 0.495 e. The van der Waals surface area contributed by atoms with Crippen molar-refractivity contribution in [2.45, 2.75) is 19.8 Å². The molecule has 0 saturated heterocycles. The molecule has 1 amide bonds. The number of aromatic nitrogens is 3. The number of rotatable bonds is 8. The van der Waals surface area contributed by atoms with Gasteiger partial charge >= 0.3 is 5.97 Å². The SMILES string of the molecule is COc1cc(Cl)c(C)cc1NC(=O)COC(=O)CCc1nc(-c2ccccn2)no1. The lowest BCUT2D eigenvalue weighted by molar-refractivity contribution is -0.147. The monoisotopic (exact) mass is 430 g/mol. The Morgan fingerprint density at radius 2 is 2.10 bits per heavy atom. The van der Waals surface area contributed by atoms with Crippen LogP contribution in [0.15, 0.2) is 41.1 Å². The fraction of sp³-hybridized carbons (Fsp3) is 0.250. The normalized spacial score (nSPS) is 10.5. The lowest BCUT2D eigenvalue weighted by Gasteiger charge is -2.12. The minimum absolute atomic E-state index is 0.0134. The van der Waals surface area contributed by atoms with Crippen LogP contribution in [0, 0.1) is 6.92 Å². The molecule has 9 nitrogen and oxygen atoms in total. The number of amides is 1. The number of nitrogens with zero attached hydrogens (tertiary/aromatic N) is 3. The van der Waals surface area contributed by atoms with Crippen molar-refractivity contribution in [2.75, 3.05) is 19.0 Å². The topological polar surface area (TPSA) is 116 Å². The standard InChI is InChI=1S/C20H19ClN4O5/c1-12-9-15(16(28-2)10-13(12)21)23-17(26)11-29-19(27)7-6-18-24-20(25-30-18)14-5-3-4-8-22-14/h3-5,8-10H,6-7,11H2,1-2H3,(H,23,26). The first-order chi connectivity index (χ1) is 14.5. The summed E-state index contributed by atoms with van der Waals surface area (Å²) in [5.74, 6) is -0.0463. The summed E-state index contributed by atoms with van der Waals surface area (Å²) in [4.78, 5) is 32.3. The van der Waals surface area contributed by atoms with Crippen LogP contribution in [-0.4, -0.2) is 40.7 Å². The van der Waals surface area contributed by atoms with Crippen LogP contribution >= 0.6 is 11.6 Å². The third-order valence-corrected chi connectivity index (χ3v) is 4.43. The molecule has 0 aliphatic heterocycles. The van der Waals surface area contributed by atoms with E-state index in [1.54, 1.807) is 37.4 Å². The molecule has 156 valence electrons. The quantitative estimate of drug-likeness (QED) is 0.541. The van der Waals surface area contributed by atoms with Crippen LogP contribution in [0.25, 0.3) is 11.5 Å². The Bertz CT molecular complexity index is 1040. The first-order valence-electron chi connectivity index (χ1n) is 9.00. The number of ether oxygens (including phenoxy) is 2. The second kappa shape index (κ2) is 9.84. The molecule has 10 heteroatoms. The van der Waals surface area contributed by atoms with Gasteiger partial charge in [-0.25, -0.2) is 0 Å². The third kappa shape index (κ3) is 5.54. The number of benzene rings is 1. The highest BCUT2D eigenvalue weighted by Crippen LogP contribution is 2.30. The number of nitrogens with one attached hydrogen (secondary N) is 1. The summed E-state index contributed by atoms with van der Waals surface area (Å²) in [5, 5.41) is 6.98. The summed E-state index contributed by atoms with van der Waals surface area (Å²) in [5.41, 5.74) is 1.78. The minimum Gasteiger partial charge on any atom is -0.495 e. The van der Waals surface area contributed by atoms with Gasteiger partial charge in [-0.3, -0.25) is 14.6 Å². The van der Waals surface area contributed by atoms with E-state index in [9.17, 15) is 9.59 Å². The van der Waals surface area contributed by atoms with Crippen LogP contribution in [0.3, 0.4) is 0 Å². The number of aryl methyl sites for hydroxylation is 2. The number of pyridine rings is 1. The van der Waals surface area contributed by atoms with Gasteiger partial charge in [0.2, 0.25) is 11.7 Å². The molecule has 0 unspecified atom stereocenters. The van der Waals surface area contributed by atoms with Crippen molar-refractivity contribution in [1.29, 1.82) is 0 Å². The Morgan fingerprint density at radius 1 is 1.27 bits per heavy atom. The highest BCUT2D eigenvalue weighted by atomic mass is 35.5. The fourth-order valence-electron chi connectivity index (χ4n) is 2.50. The van der Waals surface area contributed by atoms with Gasteiger partial charge in [0.25, 0.3) is 5.91 Å². The zero-order chi connectivity index (χ0) is 21.5. The van der Waals surface area contributed by atoms with Gasteiger partial charge in [0.1, 0.15) is 11.4 Å². The second-order valence-corrected chi connectivity index (χ2v) is 6.64. The number of halogens is 1. The van der Waals surface area contributed by atoms with E-state index in [-0.39, 0.29) is 18.7 Å². The van der Waals surface area contributed by atoms with E-state index in [0.29, 0.717) is 28.0 Å². The van der Waals surface area contributed by atoms with Gasteiger partial charge in [-0.15, -0.1) is 0 Å². The lowest BCUT2D eigenvalue weighted by Crippen LogP contribution is -2.21. The molecular formula is C20H19ClN4O5. The van der Waals surface area contributed by atoms with Crippen molar-refractivity contribution < 1.29 is 23.6 Å². The maximum atomic E-state index is 12.1. The van der Waals surface area contributed by atoms with Crippen molar-refractivity contribution in [1.82, 2.24) is 15.1 Å². The smallest absolute Gasteiger partial charge is 0.306 e. The summed E-state index contributed by atoms with van der Waals surface area (Å²) < 4.78 is 15.3. The number of esters is 1. The summed E-state index contributed by atoms with van der Waals surface area (Å²) in [7, 11) is 1.47. The molecule has 0 atom stereocenters. The first kappa shape index (κ1) is 21.3. The molecule has 1 aromatic carbocycles. The van der Waals surface area contributed by atoms with E-state index < -0.39 is 18.5 Å². The van der Waals surface area contributed by atoms with Crippen LogP contribution in [-0.2, 0) is 20.7 Å². The zero-order valence-corrected chi connectivity index (χ0v) is 17.1. The van der Waals surface area contributed by atoms with Crippen LogP contribution in [0.2, 0.25) is 5.02 Å². The Hall–Kier alpha value is -3.46. The van der Waals surface area contributed by atoms with Gasteiger partial charge in [-0.1, -0.05) is 22.8 Å². The third-order valence-electron chi connectivity index (χ3n) is 4.02. The van der Waals surface area contributed by atoms with E-state index in [1.807, 2.05) is 6.07 Å². The second-order valence-electron chi connectivity index (χ2n) is 6.24. The van der Waals surface area contributed by atoms with E-state index >= 15 is 0 Å². The molecule has 0 bridgehead atoms. The van der Waals surface area contributed by atoms with Crippen molar-refractivity contribution in [3.05, 3.63) is 53.0 Å². The van der Waals surface area contributed by atoms with E-state index in [0.717, 1.165) is 5.56 Å². The number of hydrogen-bond acceptors (Lipinski definition) is 8. The average molecular weight is 431 g/mol. The van der Waals surface area contributed by atoms with Crippen molar-refractivity contribution >= 4 is 29.2 Å². The highest BCUT2D eigenvalue weighted by Gasteiger charge is 2.14. The molecule has 0 aliphatic rings. The Kier molecular flexibility index (Phi) is 6.97.